The van der Waals surface area contributed by atoms with Crippen LogP contribution < -0.4 is 9.47 Å². The largest absolute Gasteiger partial charge is 0.573 e. The third kappa shape index (κ3) is 2.87. The Bertz CT molecular complexity index is 726. The molecule has 114 valence electrons. The summed E-state index contributed by atoms with van der Waals surface area (Å²) in [6, 6.07) is 9.86. The third-order valence-electron chi connectivity index (χ3n) is 3.11. The van der Waals surface area contributed by atoms with Crippen LogP contribution in [0.25, 0.3) is 0 Å². The first-order chi connectivity index (χ1) is 10.3. The van der Waals surface area contributed by atoms with E-state index in [2.05, 4.69) is 4.74 Å². The third-order valence-corrected chi connectivity index (χ3v) is 3.36. The molecule has 2 aromatic carbocycles. The fourth-order valence-electron chi connectivity index (χ4n) is 2.18. The van der Waals surface area contributed by atoms with Crippen LogP contribution in [0, 0.1) is 0 Å². The Morgan fingerprint density at radius 3 is 2.41 bits per heavy atom. The van der Waals surface area contributed by atoms with Crippen LogP contribution in [0.15, 0.2) is 42.5 Å². The fourth-order valence-corrected chi connectivity index (χ4v) is 2.31. The molecule has 22 heavy (non-hydrogen) atoms. The molecule has 0 aromatic heterocycles. The summed E-state index contributed by atoms with van der Waals surface area (Å²) in [5.41, 5.74) is 0.790. The van der Waals surface area contributed by atoms with Gasteiger partial charge in [-0.3, -0.25) is 4.79 Å². The number of Topliss-reactive ketones (excluding diaryl/α,β-unsaturated/α-hetero) is 1. The Hall–Kier alpha value is -2.21. The molecule has 1 aliphatic heterocycles. The molecule has 0 N–H and O–H groups in total. The first-order valence-electron chi connectivity index (χ1n) is 6.19. The summed E-state index contributed by atoms with van der Waals surface area (Å²) in [5.74, 6) is -0.696. The molecule has 1 heterocycles. The number of rotatable bonds is 2. The SMILES string of the molecule is O=C1c2ccc(OC(F)(F)F)cc2OC1c1ccc(Cl)cc1. The summed E-state index contributed by atoms with van der Waals surface area (Å²) in [6.07, 6.45) is -5.69. The minimum atomic E-state index is -4.80. The van der Waals surface area contributed by atoms with E-state index in [-0.39, 0.29) is 17.1 Å². The van der Waals surface area contributed by atoms with Crippen molar-refractivity contribution in [3.05, 3.63) is 58.6 Å². The average molecular weight is 329 g/mol. The first-order valence-corrected chi connectivity index (χ1v) is 6.57. The number of halogens is 4. The van der Waals surface area contributed by atoms with Gasteiger partial charge in [0.15, 0.2) is 6.10 Å². The number of ether oxygens (including phenoxy) is 2. The monoisotopic (exact) mass is 328 g/mol. The van der Waals surface area contributed by atoms with Gasteiger partial charge in [-0.15, -0.1) is 13.2 Å². The molecule has 1 unspecified atom stereocenters. The maximum atomic E-state index is 12.3. The van der Waals surface area contributed by atoms with Crippen LogP contribution in [0.4, 0.5) is 13.2 Å². The van der Waals surface area contributed by atoms with Crippen LogP contribution in [0.3, 0.4) is 0 Å². The zero-order valence-electron chi connectivity index (χ0n) is 10.9. The van der Waals surface area contributed by atoms with Crippen LogP contribution in [-0.4, -0.2) is 12.1 Å². The van der Waals surface area contributed by atoms with E-state index in [4.69, 9.17) is 16.3 Å². The quantitative estimate of drug-likeness (QED) is 0.811. The van der Waals surface area contributed by atoms with Crippen molar-refractivity contribution in [2.45, 2.75) is 12.5 Å². The van der Waals surface area contributed by atoms with E-state index >= 15 is 0 Å². The lowest BCUT2D eigenvalue weighted by molar-refractivity contribution is -0.274. The van der Waals surface area contributed by atoms with Crippen molar-refractivity contribution < 1.29 is 27.4 Å². The lowest BCUT2D eigenvalue weighted by Crippen LogP contribution is -2.17. The first kappa shape index (κ1) is 14.7. The van der Waals surface area contributed by atoms with Crippen molar-refractivity contribution in [2.24, 2.45) is 0 Å². The second-order valence-corrected chi connectivity index (χ2v) is 5.06. The van der Waals surface area contributed by atoms with Gasteiger partial charge in [0, 0.05) is 16.7 Å². The summed E-state index contributed by atoms with van der Waals surface area (Å²) >= 11 is 5.78. The Balaban J connectivity index is 1.88. The zero-order chi connectivity index (χ0) is 15.9. The van der Waals surface area contributed by atoms with Crippen LogP contribution in [0.5, 0.6) is 11.5 Å². The molecule has 0 aliphatic carbocycles. The number of carbonyl (C=O) groups excluding carboxylic acids is 1. The maximum absolute atomic E-state index is 12.3. The summed E-state index contributed by atoms with van der Waals surface area (Å²) in [7, 11) is 0. The molecule has 7 heteroatoms. The Morgan fingerprint density at radius 1 is 1.09 bits per heavy atom. The van der Waals surface area contributed by atoms with Crippen molar-refractivity contribution in [3.8, 4) is 11.5 Å². The highest BCUT2D eigenvalue weighted by atomic mass is 35.5. The Morgan fingerprint density at radius 2 is 1.77 bits per heavy atom. The number of carbonyl (C=O) groups is 1. The number of hydrogen-bond acceptors (Lipinski definition) is 3. The Kier molecular flexibility index (Phi) is 3.48. The van der Waals surface area contributed by atoms with Gasteiger partial charge in [-0.05, 0) is 24.3 Å². The van der Waals surface area contributed by atoms with Crippen molar-refractivity contribution in [3.63, 3.8) is 0 Å². The van der Waals surface area contributed by atoms with Crippen molar-refractivity contribution >= 4 is 17.4 Å². The van der Waals surface area contributed by atoms with Gasteiger partial charge in [-0.1, -0.05) is 23.7 Å². The molecule has 1 aliphatic rings. The van der Waals surface area contributed by atoms with E-state index in [1.165, 1.54) is 6.07 Å². The van der Waals surface area contributed by atoms with Crippen LogP contribution in [-0.2, 0) is 0 Å². The minimum absolute atomic E-state index is 0.0618. The normalized spacial score (nSPS) is 17.1. The highest BCUT2D eigenvalue weighted by Crippen LogP contribution is 2.39. The van der Waals surface area contributed by atoms with Gasteiger partial charge >= 0.3 is 6.36 Å². The summed E-state index contributed by atoms with van der Waals surface area (Å²) in [6.45, 7) is 0. The predicted molar refractivity (Wildman–Crippen MR) is 72.3 cm³/mol. The summed E-state index contributed by atoms with van der Waals surface area (Å²) < 4.78 is 45.9. The lowest BCUT2D eigenvalue weighted by atomic mass is 10.0. The molecule has 2 aromatic rings. The predicted octanol–water partition coefficient (Wildman–Crippen LogP) is 4.56. The van der Waals surface area contributed by atoms with Crippen molar-refractivity contribution in [1.82, 2.24) is 0 Å². The molecular formula is C15H8ClF3O3. The molecule has 0 saturated carbocycles. The topological polar surface area (TPSA) is 35.5 Å². The molecule has 0 spiro atoms. The van der Waals surface area contributed by atoms with Gasteiger partial charge in [-0.25, -0.2) is 0 Å². The zero-order valence-corrected chi connectivity index (χ0v) is 11.6. The van der Waals surface area contributed by atoms with E-state index in [0.29, 0.717) is 10.6 Å². The standard InChI is InChI=1S/C15H8ClF3O3/c16-9-3-1-8(2-4-9)14-13(20)11-6-5-10(7-12(11)21-14)22-15(17,18)19/h1-7,14H. The summed E-state index contributed by atoms with van der Waals surface area (Å²) in [4.78, 5) is 12.3. The van der Waals surface area contributed by atoms with Gasteiger partial charge in [-0.2, -0.15) is 0 Å². The molecule has 3 rings (SSSR count). The molecule has 0 amide bonds. The summed E-state index contributed by atoms with van der Waals surface area (Å²) in [5, 5.41) is 0.507. The van der Waals surface area contributed by atoms with Crippen LogP contribution >= 0.6 is 11.6 Å². The van der Waals surface area contributed by atoms with Gasteiger partial charge in [0.1, 0.15) is 11.5 Å². The lowest BCUT2D eigenvalue weighted by Gasteiger charge is -2.10. The van der Waals surface area contributed by atoms with Crippen molar-refractivity contribution in [1.29, 1.82) is 0 Å². The van der Waals surface area contributed by atoms with Crippen molar-refractivity contribution in [2.75, 3.05) is 0 Å². The molecule has 3 nitrogen and oxygen atoms in total. The van der Waals surface area contributed by atoms with Gasteiger partial charge in [0.2, 0.25) is 5.78 Å². The minimum Gasteiger partial charge on any atom is -0.477 e. The molecular weight excluding hydrogens is 321 g/mol. The molecule has 0 fully saturated rings. The van der Waals surface area contributed by atoms with E-state index in [1.54, 1.807) is 24.3 Å². The highest BCUT2D eigenvalue weighted by molar-refractivity contribution is 6.30. The maximum Gasteiger partial charge on any atom is 0.573 e. The molecule has 0 saturated heterocycles. The number of fused-ring (bicyclic) bond motifs is 1. The highest BCUT2D eigenvalue weighted by Gasteiger charge is 2.36. The fraction of sp³-hybridized carbons (Fsp3) is 0.133. The van der Waals surface area contributed by atoms with Crippen LogP contribution in [0.2, 0.25) is 5.02 Å². The molecule has 1 atom stereocenters. The second kappa shape index (κ2) is 5.21. The van der Waals surface area contributed by atoms with E-state index < -0.39 is 18.2 Å². The van der Waals surface area contributed by atoms with E-state index in [0.717, 1.165) is 12.1 Å². The molecule has 0 radical (unpaired) electrons. The molecule has 0 bridgehead atoms. The second-order valence-electron chi connectivity index (χ2n) is 4.62. The van der Waals surface area contributed by atoms with E-state index in [9.17, 15) is 18.0 Å². The van der Waals surface area contributed by atoms with Crippen LogP contribution in [0.1, 0.15) is 22.0 Å². The number of hydrogen-bond donors (Lipinski definition) is 0. The van der Waals surface area contributed by atoms with Gasteiger partial charge in [0.25, 0.3) is 0 Å². The average Bonchev–Trinajstić information content (AvgIpc) is 2.75. The smallest absolute Gasteiger partial charge is 0.477 e. The van der Waals surface area contributed by atoms with E-state index in [1.807, 2.05) is 0 Å². The number of alkyl halides is 3. The van der Waals surface area contributed by atoms with Gasteiger partial charge in [0.05, 0.1) is 5.56 Å². The number of benzene rings is 2. The Labute approximate surface area is 128 Å². The van der Waals surface area contributed by atoms with Gasteiger partial charge < -0.3 is 9.47 Å². The number of ketones is 1.